The van der Waals surface area contributed by atoms with Crippen LogP contribution in [0.3, 0.4) is 0 Å². The molecule has 4 atom stereocenters. The van der Waals surface area contributed by atoms with Crippen molar-refractivity contribution in [2.75, 3.05) is 0 Å². The summed E-state index contributed by atoms with van der Waals surface area (Å²) in [6.07, 6.45) is 5.46. The number of carbonyl (C=O) groups excluding carboxylic acids is 1. The van der Waals surface area contributed by atoms with Crippen molar-refractivity contribution in [2.24, 2.45) is 5.92 Å². The molecule has 2 aliphatic rings. The number of nitrogens with one attached hydrogen (secondary N) is 2. The van der Waals surface area contributed by atoms with E-state index in [4.69, 9.17) is 5.26 Å². The fourth-order valence-electron chi connectivity index (χ4n) is 4.24. The Balaban J connectivity index is 1.37. The first-order chi connectivity index (χ1) is 13.7. The standard InChI is InChI=1S/C22H21N5O/c23-11-19-8-6-17(13-25-19)15-3-1-14(2-4-15)9-20(12-24)27-22(28)21-16-5-7-18(10-16)26-21/h1-4,6,8,13,16,18,20-21,26H,5,7,9-10H2,(H,27,28). The highest BCUT2D eigenvalue weighted by molar-refractivity contribution is 5.83. The molecular formula is C22H21N5O. The van der Waals surface area contributed by atoms with Crippen LogP contribution >= 0.6 is 0 Å². The molecule has 0 radical (unpaired) electrons. The third kappa shape index (κ3) is 3.74. The molecular weight excluding hydrogens is 350 g/mol. The van der Waals surface area contributed by atoms with E-state index in [1.165, 1.54) is 0 Å². The molecule has 2 aromatic rings. The van der Waals surface area contributed by atoms with Crippen LogP contribution in [-0.2, 0) is 11.2 Å². The molecule has 6 heteroatoms. The van der Waals surface area contributed by atoms with Crippen LogP contribution in [0, 0.1) is 28.6 Å². The van der Waals surface area contributed by atoms with E-state index in [1.54, 1.807) is 12.3 Å². The molecule has 1 saturated heterocycles. The van der Waals surface area contributed by atoms with Crippen molar-refractivity contribution in [3.8, 4) is 23.3 Å². The summed E-state index contributed by atoms with van der Waals surface area (Å²) >= 11 is 0. The first-order valence-corrected chi connectivity index (χ1v) is 9.58. The number of piperidine rings is 1. The lowest BCUT2D eigenvalue weighted by atomic mass is 9.98. The molecule has 6 nitrogen and oxygen atoms in total. The molecule has 1 amide bonds. The van der Waals surface area contributed by atoms with E-state index >= 15 is 0 Å². The van der Waals surface area contributed by atoms with Gasteiger partial charge in [0.1, 0.15) is 17.8 Å². The Kier molecular flexibility index (Phi) is 5.06. The molecule has 1 aromatic carbocycles. The lowest BCUT2D eigenvalue weighted by molar-refractivity contribution is -0.124. The molecule has 1 saturated carbocycles. The van der Waals surface area contributed by atoms with Crippen LogP contribution in [0.2, 0.25) is 0 Å². The van der Waals surface area contributed by atoms with Crippen molar-refractivity contribution >= 4 is 5.91 Å². The number of benzene rings is 1. The molecule has 1 aromatic heterocycles. The van der Waals surface area contributed by atoms with Gasteiger partial charge >= 0.3 is 0 Å². The summed E-state index contributed by atoms with van der Waals surface area (Å²) in [5.41, 5.74) is 3.29. The van der Waals surface area contributed by atoms with Gasteiger partial charge < -0.3 is 10.6 Å². The Labute approximate surface area is 164 Å². The maximum Gasteiger partial charge on any atom is 0.238 e. The van der Waals surface area contributed by atoms with E-state index in [0.29, 0.717) is 24.1 Å². The third-order valence-corrected chi connectivity index (χ3v) is 5.72. The highest BCUT2D eigenvalue weighted by Crippen LogP contribution is 2.35. The quantitative estimate of drug-likeness (QED) is 0.840. The van der Waals surface area contributed by atoms with Crippen molar-refractivity contribution in [3.63, 3.8) is 0 Å². The first-order valence-electron chi connectivity index (χ1n) is 9.58. The summed E-state index contributed by atoms with van der Waals surface area (Å²) in [6.45, 7) is 0. The molecule has 2 bridgehead atoms. The number of hydrogen-bond acceptors (Lipinski definition) is 5. The van der Waals surface area contributed by atoms with Crippen LogP contribution in [0.5, 0.6) is 0 Å². The normalized spacial score (nSPS) is 23.6. The van der Waals surface area contributed by atoms with Crippen LogP contribution in [0.25, 0.3) is 11.1 Å². The van der Waals surface area contributed by atoms with E-state index < -0.39 is 6.04 Å². The second kappa shape index (κ2) is 7.80. The van der Waals surface area contributed by atoms with Crippen molar-refractivity contribution in [2.45, 2.75) is 43.8 Å². The Hall–Kier alpha value is -3.22. The summed E-state index contributed by atoms with van der Waals surface area (Å²) in [7, 11) is 0. The van der Waals surface area contributed by atoms with Crippen LogP contribution in [-0.4, -0.2) is 29.0 Å². The zero-order valence-electron chi connectivity index (χ0n) is 15.4. The molecule has 28 heavy (non-hydrogen) atoms. The summed E-state index contributed by atoms with van der Waals surface area (Å²) in [6, 6.07) is 15.4. The lowest BCUT2D eigenvalue weighted by Crippen LogP contribution is -2.50. The van der Waals surface area contributed by atoms with Crippen molar-refractivity contribution in [1.82, 2.24) is 15.6 Å². The van der Waals surface area contributed by atoms with E-state index in [2.05, 4.69) is 21.7 Å². The maximum atomic E-state index is 12.5. The van der Waals surface area contributed by atoms with Gasteiger partial charge in [-0.3, -0.25) is 4.79 Å². The molecule has 2 N–H and O–H groups in total. The average molecular weight is 371 g/mol. The van der Waals surface area contributed by atoms with E-state index in [-0.39, 0.29) is 11.9 Å². The Morgan fingerprint density at radius 2 is 1.96 bits per heavy atom. The largest absolute Gasteiger partial charge is 0.339 e. The minimum Gasteiger partial charge on any atom is -0.339 e. The highest BCUT2D eigenvalue weighted by Gasteiger charge is 2.42. The fraction of sp³-hybridized carbons (Fsp3) is 0.364. The number of fused-ring (bicyclic) bond motifs is 2. The average Bonchev–Trinajstić information content (AvgIpc) is 3.37. The van der Waals surface area contributed by atoms with Crippen LogP contribution < -0.4 is 10.6 Å². The zero-order valence-corrected chi connectivity index (χ0v) is 15.4. The second-order valence-corrected chi connectivity index (χ2v) is 7.55. The predicted octanol–water partition coefficient (Wildman–Crippen LogP) is 2.31. The minimum absolute atomic E-state index is 0.0565. The third-order valence-electron chi connectivity index (χ3n) is 5.72. The van der Waals surface area contributed by atoms with Crippen molar-refractivity contribution in [1.29, 1.82) is 10.5 Å². The number of amides is 1. The SMILES string of the molecule is N#Cc1ccc(-c2ccc(CC(C#N)NC(=O)C3NC4CCC3C4)cc2)cn1. The van der Waals surface area contributed by atoms with Gasteiger partial charge in [0.05, 0.1) is 12.1 Å². The van der Waals surface area contributed by atoms with E-state index in [0.717, 1.165) is 36.0 Å². The smallest absolute Gasteiger partial charge is 0.238 e. The monoisotopic (exact) mass is 371 g/mol. The summed E-state index contributed by atoms with van der Waals surface area (Å²) in [5, 5.41) is 24.6. The molecule has 4 unspecified atom stereocenters. The van der Waals surface area contributed by atoms with Crippen LogP contribution in [0.15, 0.2) is 42.6 Å². The molecule has 4 rings (SSSR count). The molecule has 2 heterocycles. The predicted molar refractivity (Wildman–Crippen MR) is 104 cm³/mol. The van der Waals surface area contributed by atoms with Gasteiger partial charge in [-0.05, 0) is 48.4 Å². The molecule has 1 aliphatic heterocycles. The Bertz CT molecular complexity index is 939. The first kappa shape index (κ1) is 18.2. The molecule has 2 fully saturated rings. The molecule has 0 spiro atoms. The summed E-state index contributed by atoms with van der Waals surface area (Å²) < 4.78 is 0. The van der Waals surface area contributed by atoms with Crippen molar-refractivity contribution in [3.05, 3.63) is 53.9 Å². The van der Waals surface area contributed by atoms with Gasteiger partial charge in [-0.15, -0.1) is 0 Å². The fourth-order valence-corrected chi connectivity index (χ4v) is 4.24. The second-order valence-electron chi connectivity index (χ2n) is 7.55. The number of aromatic nitrogens is 1. The summed E-state index contributed by atoms with van der Waals surface area (Å²) in [4.78, 5) is 16.6. The van der Waals surface area contributed by atoms with Crippen molar-refractivity contribution < 1.29 is 4.79 Å². The zero-order chi connectivity index (χ0) is 19.5. The molecule has 140 valence electrons. The number of pyridine rings is 1. The summed E-state index contributed by atoms with van der Waals surface area (Å²) in [5.74, 6) is 0.351. The van der Waals surface area contributed by atoms with Gasteiger partial charge in [-0.1, -0.05) is 24.3 Å². The number of carbonyl (C=O) groups is 1. The number of nitrogens with zero attached hydrogens (tertiary/aromatic N) is 3. The van der Waals surface area contributed by atoms with Gasteiger partial charge in [0.2, 0.25) is 5.91 Å². The van der Waals surface area contributed by atoms with Gasteiger partial charge in [-0.2, -0.15) is 10.5 Å². The van der Waals surface area contributed by atoms with E-state index in [1.807, 2.05) is 36.4 Å². The minimum atomic E-state index is -0.546. The number of nitriles is 2. The Morgan fingerprint density at radius 1 is 1.18 bits per heavy atom. The Morgan fingerprint density at radius 3 is 2.54 bits per heavy atom. The van der Waals surface area contributed by atoms with Gasteiger partial charge in [0.25, 0.3) is 0 Å². The van der Waals surface area contributed by atoms with Gasteiger partial charge in [0.15, 0.2) is 0 Å². The highest BCUT2D eigenvalue weighted by atomic mass is 16.2. The number of hydrogen-bond donors (Lipinski definition) is 2. The topological polar surface area (TPSA) is 102 Å². The number of rotatable bonds is 5. The maximum absolute atomic E-state index is 12.5. The molecule has 1 aliphatic carbocycles. The van der Waals surface area contributed by atoms with Crippen LogP contribution in [0.4, 0.5) is 0 Å². The van der Waals surface area contributed by atoms with E-state index in [9.17, 15) is 10.1 Å². The lowest BCUT2D eigenvalue weighted by Gasteiger charge is -2.23. The van der Waals surface area contributed by atoms with Gasteiger partial charge in [0, 0.05) is 24.2 Å². The van der Waals surface area contributed by atoms with Gasteiger partial charge in [-0.25, -0.2) is 4.98 Å². The van der Waals surface area contributed by atoms with Crippen LogP contribution in [0.1, 0.15) is 30.5 Å².